The number of sulfonamides is 1. The van der Waals surface area contributed by atoms with Crippen molar-refractivity contribution in [2.24, 2.45) is 5.92 Å². The number of nitrogens with zero attached hydrogens (tertiary/aromatic N) is 3. The number of pyridine rings is 1. The van der Waals surface area contributed by atoms with Crippen LogP contribution in [0.2, 0.25) is 0 Å². The molecule has 290 valence electrons. The molecule has 2 aliphatic carbocycles. The molecular formula is C39H49N5O8S2. The van der Waals surface area contributed by atoms with Crippen LogP contribution in [0, 0.1) is 12.8 Å². The van der Waals surface area contributed by atoms with Gasteiger partial charge in [-0.1, -0.05) is 32.9 Å². The summed E-state index contributed by atoms with van der Waals surface area (Å²) in [5, 5.41) is 5.84. The Kier molecular flexibility index (Phi) is 10.8. The van der Waals surface area contributed by atoms with Gasteiger partial charge in [-0.25, -0.2) is 18.4 Å². The number of rotatable bonds is 9. The van der Waals surface area contributed by atoms with Gasteiger partial charge in [0.25, 0.3) is 11.8 Å². The summed E-state index contributed by atoms with van der Waals surface area (Å²) in [7, 11) is -2.24. The van der Waals surface area contributed by atoms with E-state index in [4.69, 9.17) is 24.2 Å². The van der Waals surface area contributed by atoms with Gasteiger partial charge in [-0.3, -0.25) is 19.1 Å². The Bertz CT molecular complexity index is 2080. The maximum Gasteiger partial charge on any atom is 0.259 e. The van der Waals surface area contributed by atoms with Crippen molar-refractivity contribution in [2.45, 2.75) is 114 Å². The number of benzene rings is 1. The van der Waals surface area contributed by atoms with Gasteiger partial charge in [-0.15, -0.1) is 11.3 Å². The summed E-state index contributed by atoms with van der Waals surface area (Å²) in [6, 6.07) is 4.61. The number of amides is 3. The highest BCUT2D eigenvalue weighted by molar-refractivity contribution is 7.91. The van der Waals surface area contributed by atoms with E-state index in [9.17, 15) is 22.8 Å². The molecular weight excluding hydrogens is 731 g/mol. The summed E-state index contributed by atoms with van der Waals surface area (Å²) >= 11 is 1.50. The molecule has 15 heteroatoms. The topological polar surface area (TPSA) is 166 Å². The molecule has 0 spiro atoms. The quantitative estimate of drug-likeness (QED) is 0.277. The molecule has 2 N–H and O–H groups in total. The van der Waals surface area contributed by atoms with Crippen molar-refractivity contribution >= 4 is 50.0 Å². The van der Waals surface area contributed by atoms with E-state index in [0.29, 0.717) is 48.6 Å². The summed E-state index contributed by atoms with van der Waals surface area (Å²) in [4.78, 5) is 53.6. The Morgan fingerprint density at radius 1 is 1.19 bits per heavy atom. The van der Waals surface area contributed by atoms with E-state index in [1.807, 2.05) is 49.6 Å². The zero-order valence-corrected chi connectivity index (χ0v) is 33.1. The number of allylic oxidation sites excluding steroid dienone is 1. The van der Waals surface area contributed by atoms with Crippen LogP contribution in [0.4, 0.5) is 0 Å². The first-order valence-electron chi connectivity index (χ1n) is 18.9. The third-order valence-corrected chi connectivity index (χ3v) is 13.6. The van der Waals surface area contributed by atoms with Crippen molar-refractivity contribution in [1.82, 2.24) is 24.9 Å². The predicted molar refractivity (Wildman–Crippen MR) is 205 cm³/mol. The standard InChI is InChI=1S/C39H49N5O8S2/c1-6-31-37(46)44-20-25(52-33-18-28(36-41-29(21-53-36)22(2)3)40-34-23(4)32(50-5)15-14-27(33)34)17-30(44)35(45)42-39(38(47)43-54(48,49)26-12-13-26)19-24(39)11-9-7-8-10-16-51-31/h9,11,14-15,18,21-22,24-26,30-31H,6-8,10,12-13,16-17,19-20H2,1-5H3,(H,42,45)(H,43,47). The van der Waals surface area contributed by atoms with E-state index in [2.05, 4.69) is 23.9 Å². The number of nitrogens with one attached hydrogen (secondary N) is 2. The Morgan fingerprint density at radius 3 is 2.69 bits per heavy atom. The van der Waals surface area contributed by atoms with E-state index in [1.165, 1.54) is 16.2 Å². The number of carbonyl (C=O) groups is 3. The van der Waals surface area contributed by atoms with Crippen LogP contribution in [0.25, 0.3) is 21.6 Å². The highest BCUT2D eigenvalue weighted by Crippen LogP contribution is 2.46. The zero-order chi connectivity index (χ0) is 38.4. The fourth-order valence-corrected chi connectivity index (χ4v) is 9.70. The normalized spacial score (nSPS) is 26.4. The van der Waals surface area contributed by atoms with Crippen LogP contribution in [0.3, 0.4) is 0 Å². The molecule has 1 aromatic carbocycles. The van der Waals surface area contributed by atoms with E-state index in [-0.39, 0.29) is 37.1 Å². The summed E-state index contributed by atoms with van der Waals surface area (Å²) in [6.07, 6.45) is 6.54. The Morgan fingerprint density at radius 2 is 1.98 bits per heavy atom. The van der Waals surface area contributed by atoms with E-state index in [1.54, 1.807) is 7.11 Å². The molecule has 2 aromatic heterocycles. The van der Waals surface area contributed by atoms with Gasteiger partial charge in [-0.05, 0) is 69.9 Å². The van der Waals surface area contributed by atoms with Crippen LogP contribution in [-0.4, -0.2) is 90.3 Å². The molecule has 1 saturated heterocycles. The molecule has 3 aromatic rings. The molecule has 5 atom stereocenters. The van der Waals surface area contributed by atoms with Gasteiger partial charge in [0, 0.05) is 41.3 Å². The molecule has 4 aliphatic rings. The first-order chi connectivity index (χ1) is 25.8. The molecule has 2 aliphatic heterocycles. The van der Waals surface area contributed by atoms with Crippen molar-refractivity contribution in [3.05, 3.63) is 47.0 Å². The summed E-state index contributed by atoms with van der Waals surface area (Å²) in [6.45, 7) is 8.47. The van der Waals surface area contributed by atoms with Crippen molar-refractivity contribution in [3.63, 3.8) is 0 Å². The fourth-order valence-electron chi connectivity index (χ4n) is 7.40. The molecule has 54 heavy (non-hydrogen) atoms. The number of aromatic nitrogens is 2. The summed E-state index contributed by atoms with van der Waals surface area (Å²) in [5.41, 5.74) is 1.67. The molecule has 3 amide bonds. The highest BCUT2D eigenvalue weighted by atomic mass is 32.2. The number of hydrogen-bond donors (Lipinski definition) is 2. The molecule has 0 bridgehead atoms. The van der Waals surface area contributed by atoms with Gasteiger partial charge in [0.05, 0.1) is 30.1 Å². The lowest BCUT2D eigenvalue weighted by Gasteiger charge is -2.29. The minimum absolute atomic E-state index is 0.0956. The van der Waals surface area contributed by atoms with Gasteiger partial charge in [-0.2, -0.15) is 0 Å². The van der Waals surface area contributed by atoms with Crippen LogP contribution in [0.15, 0.2) is 35.7 Å². The number of hydrogen-bond acceptors (Lipinski definition) is 11. The van der Waals surface area contributed by atoms with E-state index >= 15 is 0 Å². The second-order valence-corrected chi connectivity index (χ2v) is 18.0. The largest absolute Gasteiger partial charge is 0.496 e. The minimum atomic E-state index is -3.86. The first kappa shape index (κ1) is 38.2. The van der Waals surface area contributed by atoms with Gasteiger partial charge < -0.3 is 24.4 Å². The summed E-state index contributed by atoms with van der Waals surface area (Å²) < 4.78 is 46.4. The summed E-state index contributed by atoms with van der Waals surface area (Å²) in [5.74, 6) is -0.559. The number of aryl methyl sites for hydroxylation is 1. The van der Waals surface area contributed by atoms with Crippen LogP contribution >= 0.6 is 11.3 Å². The second-order valence-electron chi connectivity index (χ2n) is 15.1. The molecule has 0 radical (unpaired) electrons. The van der Waals surface area contributed by atoms with Crippen molar-refractivity contribution in [3.8, 4) is 22.2 Å². The SMILES string of the molecule is CCC1OCCCCC=CC2CC2(C(=O)NS(=O)(=O)C2CC2)NC(=O)C2CC(Oc3cc(-c4nc(C(C)C)cs4)nc4c(C)c(OC)ccc34)CN2C1=O. The van der Waals surface area contributed by atoms with Gasteiger partial charge in [0.1, 0.15) is 46.0 Å². The van der Waals surface area contributed by atoms with Gasteiger partial charge in [0.2, 0.25) is 15.9 Å². The minimum Gasteiger partial charge on any atom is -0.496 e. The average Bonchev–Trinajstić information content (AvgIpc) is 4.02. The molecule has 4 heterocycles. The Hall–Kier alpha value is -4.08. The fraction of sp³-hybridized carbons (Fsp3) is 0.564. The number of methoxy groups -OCH3 is 1. The Labute approximate surface area is 320 Å². The lowest BCUT2D eigenvalue weighted by Crippen LogP contribution is -2.57. The number of carbonyl (C=O) groups excluding carboxylic acids is 3. The molecule has 7 rings (SSSR count). The predicted octanol–water partition coefficient (Wildman–Crippen LogP) is 5.17. The Balaban J connectivity index is 1.22. The lowest BCUT2D eigenvalue weighted by molar-refractivity contribution is -0.149. The molecule has 5 unspecified atom stereocenters. The maximum absolute atomic E-state index is 14.4. The van der Waals surface area contributed by atoms with Crippen molar-refractivity contribution < 1.29 is 37.0 Å². The monoisotopic (exact) mass is 779 g/mol. The molecule has 13 nitrogen and oxygen atoms in total. The van der Waals surface area contributed by atoms with Crippen molar-refractivity contribution in [2.75, 3.05) is 20.3 Å². The van der Waals surface area contributed by atoms with Gasteiger partial charge >= 0.3 is 0 Å². The number of thiazole rings is 1. The van der Waals surface area contributed by atoms with Crippen LogP contribution in [0.5, 0.6) is 11.5 Å². The lowest BCUT2D eigenvalue weighted by atomic mass is 10.1. The number of fused-ring (bicyclic) bond motifs is 3. The van der Waals surface area contributed by atoms with Gasteiger partial charge in [0.15, 0.2) is 0 Å². The second kappa shape index (κ2) is 15.2. The molecule has 3 fully saturated rings. The van der Waals surface area contributed by atoms with E-state index < -0.39 is 50.9 Å². The third-order valence-electron chi connectivity index (χ3n) is 10.9. The smallest absolute Gasteiger partial charge is 0.259 e. The average molecular weight is 780 g/mol. The number of ether oxygens (including phenoxy) is 3. The maximum atomic E-state index is 14.4. The zero-order valence-electron chi connectivity index (χ0n) is 31.4. The third kappa shape index (κ3) is 7.59. The highest BCUT2D eigenvalue weighted by Gasteiger charge is 2.62. The van der Waals surface area contributed by atoms with Crippen LogP contribution in [-0.2, 0) is 29.1 Å². The molecule has 2 saturated carbocycles. The van der Waals surface area contributed by atoms with E-state index in [0.717, 1.165) is 40.9 Å². The van der Waals surface area contributed by atoms with Crippen molar-refractivity contribution in [1.29, 1.82) is 0 Å². The van der Waals surface area contributed by atoms with Crippen LogP contribution in [0.1, 0.15) is 89.3 Å². The first-order valence-corrected chi connectivity index (χ1v) is 21.3. The van der Waals surface area contributed by atoms with Crippen LogP contribution < -0.4 is 19.5 Å².